The molecule has 0 spiro atoms. The summed E-state index contributed by atoms with van der Waals surface area (Å²) in [4.78, 5) is 2.45. The summed E-state index contributed by atoms with van der Waals surface area (Å²) in [5, 5.41) is 3.48. The molecule has 118 valence electrons. The van der Waals surface area contributed by atoms with E-state index >= 15 is 0 Å². The van der Waals surface area contributed by atoms with Crippen molar-refractivity contribution in [3.8, 4) is 0 Å². The van der Waals surface area contributed by atoms with Crippen molar-refractivity contribution >= 4 is 10.0 Å². The molecule has 2 rings (SSSR count). The fourth-order valence-electron chi connectivity index (χ4n) is 3.56. The maximum absolute atomic E-state index is 11.5. The summed E-state index contributed by atoms with van der Waals surface area (Å²) >= 11 is 0. The molecule has 0 aromatic heterocycles. The summed E-state index contributed by atoms with van der Waals surface area (Å²) in [6, 6.07) is 0.630. The second-order valence-electron chi connectivity index (χ2n) is 6.26. The molecule has 1 aliphatic heterocycles. The molecule has 1 N–H and O–H groups in total. The van der Waals surface area contributed by atoms with Gasteiger partial charge in [0.1, 0.15) is 0 Å². The van der Waals surface area contributed by atoms with E-state index in [1.54, 1.807) is 4.31 Å². The van der Waals surface area contributed by atoms with Gasteiger partial charge in [-0.05, 0) is 25.8 Å². The van der Waals surface area contributed by atoms with Gasteiger partial charge in [-0.3, -0.25) is 0 Å². The predicted molar refractivity (Wildman–Crippen MR) is 82.3 cm³/mol. The van der Waals surface area contributed by atoms with Crippen LogP contribution in [-0.2, 0) is 10.0 Å². The Labute approximate surface area is 123 Å². The van der Waals surface area contributed by atoms with Gasteiger partial charge in [0.15, 0.2) is 0 Å². The monoisotopic (exact) mass is 303 g/mol. The van der Waals surface area contributed by atoms with E-state index in [0.29, 0.717) is 25.0 Å². The lowest BCUT2D eigenvalue weighted by Crippen LogP contribution is -2.51. The number of sulfonamides is 1. The standard InChI is InChI=1S/C14H29N3O2S/c1-15-14-7-5-3-4-6-13(14)12-16-8-10-17(11-9-16)20(2,18)19/h13-15H,3-12H2,1-2H3. The largest absolute Gasteiger partial charge is 0.317 e. The van der Waals surface area contributed by atoms with Crippen LogP contribution >= 0.6 is 0 Å². The molecule has 2 fully saturated rings. The normalized spacial score (nSPS) is 31.1. The van der Waals surface area contributed by atoms with Gasteiger partial charge in [-0.2, -0.15) is 4.31 Å². The Balaban J connectivity index is 1.84. The van der Waals surface area contributed by atoms with E-state index in [1.807, 2.05) is 0 Å². The van der Waals surface area contributed by atoms with Crippen LogP contribution in [0, 0.1) is 5.92 Å². The molecule has 6 heteroatoms. The van der Waals surface area contributed by atoms with Crippen LogP contribution in [0.3, 0.4) is 0 Å². The van der Waals surface area contributed by atoms with Crippen LogP contribution in [0.5, 0.6) is 0 Å². The molecule has 20 heavy (non-hydrogen) atoms. The van der Waals surface area contributed by atoms with E-state index in [9.17, 15) is 8.42 Å². The molecule has 1 aliphatic carbocycles. The predicted octanol–water partition coefficient (Wildman–Crippen LogP) is 0.732. The number of hydrogen-bond acceptors (Lipinski definition) is 4. The van der Waals surface area contributed by atoms with Gasteiger partial charge in [0.2, 0.25) is 10.0 Å². The average Bonchev–Trinajstić information content (AvgIpc) is 2.63. The smallest absolute Gasteiger partial charge is 0.211 e. The van der Waals surface area contributed by atoms with Crippen LogP contribution in [-0.4, -0.2) is 69.7 Å². The van der Waals surface area contributed by atoms with Crippen molar-refractivity contribution < 1.29 is 8.42 Å². The Hall–Kier alpha value is -0.170. The first-order valence-corrected chi connectivity index (χ1v) is 9.70. The third-order valence-corrected chi connectivity index (χ3v) is 6.13. The molecule has 2 atom stereocenters. The van der Waals surface area contributed by atoms with Crippen molar-refractivity contribution in [2.45, 2.75) is 38.1 Å². The van der Waals surface area contributed by atoms with Crippen LogP contribution in [0.25, 0.3) is 0 Å². The molecule has 0 aromatic rings. The van der Waals surface area contributed by atoms with Gasteiger partial charge in [-0.1, -0.05) is 19.3 Å². The zero-order valence-electron chi connectivity index (χ0n) is 12.8. The van der Waals surface area contributed by atoms with E-state index in [1.165, 1.54) is 38.4 Å². The molecular formula is C14H29N3O2S. The van der Waals surface area contributed by atoms with Crippen LogP contribution in [0.2, 0.25) is 0 Å². The lowest BCUT2D eigenvalue weighted by Gasteiger charge is -2.37. The minimum Gasteiger partial charge on any atom is -0.317 e. The van der Waals surface area contributed by atoms with Crippen LogP contribution in [0.15, 0.2) is 0 Å². The third-order valence-electron chi connectivity index (χ3n) is 4.82. The van der Waals surface area contributed by atoms with Gasteiger partial charge < -0.3 is 10.2 Å². The zero-order chi connectivity index (χ0) is 14.6. The Kier molecular flexibility index (Phi) is 5.84. The number of piperazine rings is 1. The maximum Gasteiger partial charge on any atom is 0.211 e. The highest BCUT2D eigenvalue weighted by Crippen LogP contribution is 2.24. The van der Waals surface area contributed by atoms with E-state index < -0.39 is 10.0 Å². The minimum absolute atomic E-state index is 0.630. The Morgan fingerprint density at radius 3 is 2.30 bits per heavy atom. The summed E-state index contributed by atoms with van der Waals surface area (Å²) in [6.45, 7) is 4.16. The Morgan fingerprint density at radius 2 is 1.70 bits per heavy atom. The first-order valence-electron chi connectivity index (χ1n) is 7.85. The highest BCUT2D eigenvalue weighted by atomic mass is 32.2. The molecular weight excluding hydrogens is 274 g/mol. The molecule has 1 saturated carbocycles. The lowest BCUT2D eigenvalue weighted by atomic mass is 9.94. The van der Waals surface area contributed by atoms with Gasteiger partial charge in [0.25, 0.3) is 0 Å². The molecule has 0 bridgehead atoms. The van der Waals surface area contributed by atoms with Gasteiger partial charge >= 0.3 is 0 Å². The molecule has 0 aromatic carbocycles. The topological polar surface area (TPSA) is 52.6 Å². The summed E-state index contributed by atoms with van der Waals surface area (Å²) in [7, 11) is -0.935. The first-order chi connectivity index (χ1) is 9.50. The molecule has 1 heterocycles. The Morgan fingerprint density at radius 1 is 1.05 bits per heavy atom. The van der Waals surface area contributed by atoms with Crippen molar-refractivity contribution in [1.29, 1.82) is 0 Å². The van der Waals surface area contributed by atoms with E-state index in [-0.39, 0.29) is 0 Å². The molecule has 1 saturated heterocycles. The van der Waals surface area contributed by atoms with Crippen LogP contribution < -0.4 is 5.32 Å². The average molecular weight is 303 g/mol. The minimum atomic E-state index is -3.01. The number of nitrogens with zero attached hydrogens (tertiary/aromatic N) is 2. The highest BCUT2D eigenvalue weighted by Gasteiger charge is 2.28. The van der Waals surface area contributed by atoms with Crippen molar-refractivity contribution in [3.63, 3.8) is 0 Å². The van der Waals surface area contributed by atoms with Gasteiger partial charge in [-0.15, -0.1) is 0 Å². The fourth-order valence-corrected chi connectivity index (χ4v) is 4.38. The highest BCUT2D eigenvalue weighted by molar-refractivity contribution is 7.88. The van der Waals surface area contributed by atoms with Crippen molar-refractivity contribution in [2.24, 2.45) is 5.92 Å². The Bertz CT molecular complexity index is 391. The summed E-state index contributed by atoms with van der Waals surface area (Å²) in [6.07, 6.45) is 7.93. The lowest BCUT2D eigenvalue weighted by molar-refractivity contribution is 0.148. The van der Waals surface area contributed by atoms with Crippen molar-refractivity contribution in [3.05, 3.63) is 0 Å². The van der Waals surface area contributed by atoms with Gasteiger partial charge in [-0.25, -0.2) is 8.42 Å². The zero-order valence-corrected chi connectivity index (χ0v) is 13.7. The second kappa shape index (κ2) is 7.20. The number of rotatable bonds is 4. The fraction of sp³-hybridized carbons (Fsp3) is 1.00. The molecule has 0 amide bonds. The van der Waals surface area contributed by atoms with Crippen molar-refractivity contribution in [1.82, 2.24) is 14.5 Å². The maximum atomic E-state index is 11.5. The summed E-state index contributed by atoms with van der Waals surface area (Å²) in [5.74, 6) is 0.715. The molecule has 0 radical (unpaired) electrons. The molecule has 2 unspecified atom stereocenters. The second-order valence-corrected chi connectivity index (χ2v) is 8.24. The molecule has 5 nitrogen and oxygen atoms in total. The SMILES string of the molecule is CNC1CCCCCC1CN1CCN(S(C)(=O)=O)CC1. The van der Waals surface area contributed by atoms with Gasteiger partial charge in [0, 0.05) is 38.8 Å². The van der Waals surface area contributed by atoms with E-state index in [2.05, 4.69) is 17.3 Å². The quantitative estimate of drug-likeness (QED) is 0.778. The van der Waals surface area contributed by atoms with Crippen LogP contribution in [0.4, 0.5) is 0 Å². The molecule has 2 aliphatic rings. The summed E-state index contributed by atoms with van der Waals surface area (Å²) in [5.41, 5.74) is 0. The summed E-state index contributed by atoms with van der Waals surface area (Å²) < 4.78 is 24.7. The van der Waals surface area contributed by atoms with Gasteiger partial charge in [0.05, 0.1) is 6.26 Å². The number of hydrogen-bond donors (Lipinski definition) is 1. The number of nitrogens with one attached hydrogen (secondary N) is 1. The van der Waals surface area contributed by atoms with E-state index in [0.717, 1.165) is 19.6 Å². The van der Waals surface area contributed by atoms with Crippen LogP contribution in [0.1, 0.15) is 32.1 Å². The third kappa shape index (κ3) is 4.41. The first kappa shape index (κ1) is 16.2. The van der Waals surface area contributed by atoms with Crippen molar-refractivity contribution in [2.75, 3.05) is 46.0 Å². The van der Waals surface area contributed by atoms with E-state index in [4.69, 9.17) is 0 Å².